The molecule has 1 saturated carbocycles. The van der Waals surface area contributed by atoms with Crippen molar-refractivity contribution in [2.75, 3.05) is 6.61 Å². The first-order valence-corrected chi connectivity index (χ1v) is 11.9. The molecule has 0 spiro atoms. The summed E-state index contributed by atoms with van der Waals surface area (Å²) in [6.07, 6.45) is 6.18. The molecule has 6 heteroatoms. The summed E-state index contributed by atoms with van der Waals surface area (Å²) in [5.41, 5.74) is 1.93. The van der Waals surface area contributed by atoms with Gasteiger partial charge in [0.2, 0.25) is 5.89 Å². The quantitative estimate of drug-likeness (QED) is 0.462. The number of ether oxygens (including phenoxy) is 2. The molecule has 1 unspecified atom stereocenters. The summed E-state index contributed by atoms with van der Waals surface area (Å²) >= 11 is 0. The first-order chi connectivity index (χ1) is 15.3. The molecule has 176 valence electrons. The van der Waals surface area contributed by atoms with Crippen molar-refractivity contribution >= 4 is 5.97 Å². The zero-order valence-corrected chi connectivity index (χ0v) is 19.9. The molecule has 0 amide bonds. The number of hydrogen-bond acceptors (Lipinski definition) is 5. The predicted molar refractivity (Wildman–Crippen MR) is 123 cm³/mol. The zero-order chi connectivity index (χ0) is 23.1. The highest BCUT2D eigenvalue weighted by Crippen LogP contribution is 2.30. The normalized spacial score (nSPS) is 20.8. The summed E-state index contributed by atoms with van der Waals surface area (Å²) < 4.78 is 18.1. The molecule has 1 fully saturated rings. The smallest absolute Gasteiger partial charge is 0.335 e. The number of carboxylic acids is 1. The molecule has 1 aliphatic carbocycles. The van der Waals surface area contributed by atoms with Gasteiger partial charge in [-0.3, -0.25) is 0 Å². The summed E-state index contributed by atoms with van der Waals surface area (Å²) in [6.45, 7) is 8.67. The fourth-order valence-electron chi connectivity index (χ4n) is 4.35. The van der Waals surface area contributed by atoms with E-state index in [1.54, 1.807) is 6.92 Å². The molecule has 3 rings (SSSR count). The topological polar surface area (TPSA) is 81.8 Å². The second-order valence-corrected chi connectivity index (χ2v) is 9.17. The van der Waals surface area contributed by atoms with E-state index < -0.39 is 11.6 Å². The number of aromatic nitrogens is 1. The number of carboxylic acid groups (broad SMARTS) is 1. The van der Waals surface area contributed by atoms with E-state index in [1.165, 1.54) is 5.56 Å². The molecule has 1 N–H and O–H groups in total. The van der Waals surface area contributed by atoms with Crippen LogP contribution >= 0.6 is 0 Å². The third-order valence-electron chi connectivity index (χ3n) is 6.41. The molecule has 0 radical (unpaired) electrons. The molecule has 3 atom stereocenters. The summed E-state index contributed by atoms with van der Waals surface area (Å²) in [5.74, 6) is 0.938. The van der Waals surface area contributed by atoms with Gasteiger partial charge in [0, 0.05) is 12.0 Å². The minimum absolute atomic E-state index is 0.129. The maximum Gasteiger partial charge on any atom is 0.335 e. The minimum atomic E-state index is -1.11. The van der Waals surface area contributed by atoms with Crippen molar-refractivity contribution in [1.29, 1.82) is 0 Å². The molecular formula is C26H37NO5. The maximum absolute atomic E-state index is 11.6. The number of benzene rings is 1. The Bertz CT molecular complexity index is 875. The largest absolute Gasteiger partial charge is 0.479 e. The van der Waals surface area contributed by atoms with Gasteiger partial charge in [0.05, 0.1) is 19.3 Å². The van der Waals surface area contributed by atoms with Crippen LogP contribution in [-0.2, 0) is 27.3 Å². The molecule has 0 bridgehead atoms. The number of oxazole rings is 1. The van der Waals surface area contributed by atoms with Crippen LogP contribution in [-0.4, -0.2) is 34.4 Å². The van der Waals surface area contributed by atoms with Crippen molar-refractivity contribution in [2.45, 2.75) is 91.0 Å². The highest BCUT2D eigenvalue weighted by atomic mass is 16.5. The Morgan fingerprint density at radius 2 is 2.00 bits per heavy atom. The lowest BCUT2D eigenvalue weighted by molar-refractivity contribution is -0.167. The van der Waals surface area contributed by atoms with E-state index in [9.17, 15) is 9.90 Å². The van der Waals surface area contributed by atoms with Crippen LogP contribution in [0.3, 0.4) is 0 Å². The summed E-state index contributed by atoms with van der Waals surface area (Å²) in [6, 6.07) is 8.17. The Hall–Kier alpha value is -2.18. The van der Waals surface area contributed by atoms with E-state index in [0.717, 1.165) is 55.5 Å². The SMILES string of the molecule is CCCC(C)(OC[C@@H]1CCC[C@H](OCc2nc(-c3ccc(C)cc3)oc2CC)C1)C(=O)O. The van der Waals surface area contributed by atoms with Gasteiger partial charge in [-0.2, -0.15) is 0 Å². The third kappa shape index (κ3) is 6.20. The van der Waals surface area contributed by atoms with Gasteiger partial charge in [0.1, 0.15) is 11.5 Å². The second kappa shape index (κ2) is 11.1. The van der Waals surface area contributed by atoms with Crippen LogP contribution in [0.4, 0.5) is 0 Å². The van der Waals surface area contributed by atoms with Gasteiger partial charge < -0.3 is 19.0 Å². The van der Waals surface area contributed by atoms with Crippen LogP contribution < -0.4 is 0 Å². The van der Waals surface area contributed by atoms with E-state index >= 15 is 0 Å². The molecule has 1 aromatic heterocycles. The van der Waals surface area contributed by atoms with Crippen molar-refractivity contribution in [3.8, 4) is 11.5 Å². The Morgan fingerprint density at radius 3 is 2.66 bits per heavy atom. The average Bonchev–Trinajstić information content (AvgIpc) is 3.20. The lowest BCUT2D eigenvalue weighted by Crippen LogP contribution is -2.40. The lowest BCUT2D eigenvalue weighted by atomic mass is 9.87. The van der Waals surface area contributed by atoms with Crippen LogP contribution in [0.1, 0.15) is 76.3 Å². The molecule has 0 aliphatic heterocycles. The highest BCUT2D eigenvalue weighted by molar-refractivity contribution is 5.76. The van der Waals surface area contributed by atoms with Gasteiger partial charge in [-0.25, -0.2) is 9.78 Å². The van der Waals surface area contributed by atoms with Crippen molar-refractivity contribution < 1.29 is 23.8 Å². The van der Waals surface area contributed by atoms with Crippen LogP contribution in [0.5, 0.6) is 0 Å². The Labute approximate surface area is 191 Å². The van der Waals surface area contributed by atoms with Gasteiger partial charge >= 0.3 is 5.97 Å². The predicted octanol–water partition coefficient (Wildman–Crippen LogP) is 5.95. The van der Waals surface area contributed by atoms with Crippen molar-refractivity contribution in [2.24, 2.45) is 5.92 Å². The number of carbonyl (C=O) groups is 1. The van der Waals surface area contributed by atoms with Crippen LogP contribution in [0.25, 0.3) is 11.5 Å². The molecule has 32 heavy (non-hydrogen) atoms. The molecule has 1 heterocycles. The fourth-order valence-corrected chi connectivity index (χ4v) is 4.35. The first-order valence-electron chi connectivity index (χ1n) is 11.9. The van der Waals surface area contributed by atoms with E-state index in [2.05, 4.69) is 26.0 Å². The van der Waals surface area contributed by atoms with E-state index in [0.29, 0.717) is 31.4 Å². The van der Waals surface area contributed by atoms with E-state index in [1.807, 2.05) is 19.1 Å². The van der Waals surface area contributed by atoms with Crippen molar-refractivity contribution in [1.82, 2.24) is 4.98 Å². The molecule has 1 aliphatic rings. The van der Waals surface area contributed by atoms with E-state index in [4.69, 9.17) is 18.9 Å². The second-order valence-electron chi connectivity index (χ2n) is 9.17. The van der Waals surface area contributed by atoms with Crippen molar-refractivity contribution in [3.05, 3.63) is 41.3 Å². The van der Waals surface area contributed by atoms with Crippen LogP contribution in [0.15, 0.2) is 28.7 Å². The number of nitrogens with zero attached hydrogens (tertiary/aromatic N) is 1. The van der Waals surface area contributed by atoms with Crippen LogP contribution in [0.2, 0.25) is 0 Å². The number of rotatable bonds is 11. The van der Waals surface area contributed by atoms with Gasteiger partial charge in [-0.05, 0) is 57.6 Å². The fraction of sp³-hybridized carbons (Fsp3) is 0.615. The average molecular weight is 444 g/mol. The lowest BCUT2D eigenvalue weighted by Gasteiger charge is -2.32. The molecule has 6 nitrogen and oxygen atoms in total. The third-order valence-corrected chi connectivity index (χ3v) is 6.41. The monoisotopic (exact) mass is 443 g/mol. The van der Waals surface area contributed by atoms with Crippen molar-refractivity contribution in [3.63, 3.8) is 0 Å². The zero-order valence-electron chi connectivity index (χ0n) is 19.9. The summed E-state index contributed by atoms with van der Waals surface area (Å²) in [7, 11) is 0. The molecular weight excluding hydrogens is 406 g/mol. The number of aryl methyl sites for hydroxylation is 2. The van der Waals surface area contributed by atoms with Crippen LogP contribution in [0, 0.1) is 12.8 Å². The highest BCUT2D eigenvalue weighted by Gasteiger charge is 2.35. The number of aliphatic carboxylic acids is 1. The minimum Gasteiger partial charge on any atom is -0.479 e. The Morgan fingerprint density at radius 1 is 1.25 bits per heavy atom. The standard InChI is InChI=1S/C26H37NO5/c1-5-14-26(4,25(28)29)31-16-19-8-7-9-21(15-19)30-17-22-23(6-2)32-24(27-22)20-12-10-18(3)11-13-20/h10-13,19,21H,5-9,14-17H2,1-4H3,(H,28,29)/t19-,21+,26?/m1/s1. The summed E-state index contributed by atoms with van der Waals surface area (Å²) in [4.78, 5) is 16.3. The van der Waals surface area contributed by atoms with E-state index in [-0.39, 0.29) is 6.10 Å². The van der Waals surface area contributed by atoms with Gasteiger partial charge in [0.25, 0.3) is 0 Å². The first kappa shape index (κ1) is 24.5. The Kier molecular flexibility index (Phi) is 8.49. The number of hydrogen-bond donors (Lipinski definition) is 1. The maximum atomic E-state index is 11.6. The Balaban J connectivity index is 1.56. The molecule has 2 aromatic rings. The molecule has 0 saturated heterocycles. The summed E-state index contributed by atoms with van der Waals surface area (Å²) in [5, 5.41) is 9.54. The van der Waals surface area contributed by atoms with Gasteiger partial charge in [0.15, 0.2) is 5.60 Å². The van der Waals surface area contributed by atoms with Gasteiger partial charge in [-0.15, -0.1) is 0 Å². The molecule has 1 aromatic carbocycles. The van der Waals surface area contributed by atoms with Gasteiger partial charge in [-0.1, -0.05) is 44.4 Å².